The standard InChI is InChI=1S/C9H9F3N2O2/c10-9(11,12)8(13,7(15)16)5-6-3-1-2-4-14-6/h1-4H,5,13H2,(H,15,16). The van der Waals surface area contributed by atoms with E-state index >= 15 is 0 Å². The van der Waals surface area contributed by atoms with E-state index in [0.717, 1.165) is 0 Å². The van der Waals surface area contributed by atoms with Crippen molar-refractivity contribution in [3.8, 4) is 0 Å². The molecule has 0 aliphatic carbocycles. The molecule has 0 spiro atoms. The molecule has 0 aliphatic heterocycles. The minimum atomic E-state index is -5.03. The summed E-state index contributed by atoms with van der Waals surface area (Å²) in [5, 5.41) is 8.56. The Labute approximate surface area is 88.9 Å². The first kappa shape index (κ1) is 12.4. The minimum Gasteiger partial charge on any atom is -0.480 e. The number of carboxylic acid groups (broad SMARTS) is 1. The molecule has 0 fully saturated rings. The second-order valence-corrected chi connectivity index (χ2v) is 3.27. The molecule has 3 N–H and O–H groups in total. The van der Waals surface area contributed by atoms with Crippen LogP contribution in [0.4, 0.5) is 13.2 Å². The van der Waals surface area contributed by atoms with Gasteiger partial charge in [0.1, 0.15) is 0 Å². The lowest BCUT2D eigenvalue weighted by atomic mass is 9.94. The summed E-state index contributed by atoms with van der Waals surface area (Å²) in [6, 6.07) is 4.26. The molecule has 0 aliphatic rings. The van der Waals surface area contributed by atoms with Crippen molar-refractivity contribution in [1.82, 2.24) is 4.98 Å². The number of hydrogen-bond donors (Lipinski definition) is 2. The molecule has 0 bridgehead atoms. The topological polar surface area (TPSA) is 76.2 Å². The number of aromatic nitrogens is 1. The van der Waals surface area contributed by atoms with Crippen molar-refractivity contribution >= 4 is 5.97 Å². The van der Waals surface area contributed by atoms with Crippen molar-refractivity contribution < 1.29 is 23.1 Å². The van der Waals surface area contributed by atoms with Crippen molar-refractivity contribution in [3.05, 3.63) is 30.1 Å². The van der Waals surface area contributed by atoms with Gasteiger partial charge in [0.05, 0.1) is 0 Å². The molecule has 0 radical (unpaired) electrons. The number of aliphatic carboxylic acids is 1. The van der Waals surface area contributed by atoms with E-state index in [-0.39, 0.29) is 5.69 Å². The quantitative estimate of drug-likeness (QED) is 0.816. The van der Waals surface area contributed by atoms with Crippen LogP contribution in [0.1, 0.15) is 5.69 Å². The van der Waals surface area contributed by atoms with E-state index in [0.29, 0.717) is 0 Å². The van der Waals surface area contributed by atoms with E-state index in [9.17, 15) is 18.0 Å². The van der Waals surface area contributed by atoms with Gasteiger partial charge in [-0.2, -0.15) is 13.2 Å². The van der Waals surface area contributed by atoms with Crippen LogP contribution in [0.3, 0.4) is 0 Å². The predicted octanol–water partition coefficient (Wildman–Crippen LogP) is 0.968. The molecule has 7 heteroatoms. The zero-order valence-corrected chi connectivity index (χ0v) is 8.03. The van der Waals surface area contributed by atoms with E-state index in [1.54, 1.807) is 0 Å². The monoisotopic (exact) mass is 234 g/mol. The molecule has 1 atom stereocenters. The smallest absolute Gasteiger partial charge is 0.417 e. The Hall–Kier alpha value is -1.63. The number of alkyl halides is 3. The zero-order chi connectivity index (χ0) is 12.4. The highest BCUT2D eigenvalue weighted by molar-refractivity contribution is 5.80. The number of pyridine rings is 1. The Morgan fingerprint density at radius 3 is 2.44 bits per heavy atom. The van der Waals surface area contributed by atoms with E-state index in [2.05, 4.69) is 4.98 Å². The van der Waals surface area contributed by atoms with Gasteiger partial charge in [-0.1, -0.05) is 6.07 Å². The molecular formula is C9H9F3N2O2. The molecular weight excluding hydrogens is 225 g/mol. The second-order valence-electron chi connectivity index (χ2n) is 3.27. The third kappa shape index (κ3) is 2.30. The van der Waals surface area contributed by atoms with E-state index in [1.165, 1.54) is 24.4 Å². The molecule has 0 saturated heterocycles. The molecule has 1 rings (SSSR count). The summed E-state index contributed by atoms with van der Waals surface area (Å²) < 4.78 is 37.5. The third-order valence-corrected chi connectivity index (χ3v) is 2.07. The Bertz CT molecular complexity index is 380. The van der Waals surface area contributed by atoms with Crippen molar-refractivity contribution in [2.24, 2.45) is 5.73 Å². The van der Waals surface area contributed by atoms with Gasteiger partial charge in [-0.25, -0.2) is 4.79 Å². The molecule has 1 unspecified atom stereocenters. The van der Waals surface area contributed by atoms with Gasteiger partial charge in [-0.3, -0.25) is 4.98 Å². The van der Waals surface area contributed by atoms with Gasteiger partial charge in [-0.05, 0) is 12.1 Å². The molecule has 88 valence electrons. The van der Waals surface area contributed by atoms with Crippen LogP contribution in [0.2, 0.25) is 0 Å². The summed E-state index contributed by atoms with van der Waals surface area (Å²) in [5.74, 6) is -2.12. The van der Waals surface area contributed by atoms with Crippen molar-refractivity contribution in [2.75, 3.05) is 0 Å². The van der Waals surface area contributed by atoms with Crippen LogP contribution in [0.5, 0.6) is 0 Å². The van der Waals surface area contributed by atoms with Crippen LogP contribution >= 0.6 is 0 Å². The van der Waals surface area contributed by atoms with Crippen molar-refractivity contribution in [1.29, 1.82) is 0 Å². The molecule has 1 aromatic rings. The Morgan fingerprint density at radius 2 is 2.06 bits per heavy atom. The molecule has 1 aromatic heterocycles. The fraction of sp³-hybridized carbons (Fsp3) is 0.333. The maximum absolute atomic E-state index is 12.5. The lowest BCUT2D eigenvalue weighted by Crippen LogP contribution is -2.61. The van der Waals surface area contributed by atoms with Crippen LogP contribution < -0.4 is 5.73 Å². The maximum atomic E-state index is 12.5. The Kier molecular flexibility index (Phi) is 3.18. The molecule has 4 nitrogen and oxygen atoms in total. The Balaban J connectivity index is 3.03. The number of hydrogen-bond acceptors (Lipinski definition) is 3. The zero-order valence-electron chi connectivity index (χ0n) is 8.03. The lowest BCUT2D eigenvalue weighted by molar-refractivity contribution is -0.201. The average Bonchev–Trinajstić information content (AvgIpc) is 2.17. The molecule has 0 amide bonds. The molecule has 0 saturated carbocycles. The van der Waals surface area contributed by atoms with Gasteiger partial charge < -0.3 is 10.8 Å². The molecule has 16 heavy (non-hydrogen) atoms. The van der Waals surface area contributed by atoms with E-state index in [1.807, 2.05) is 0 Å². The summed E-state index contributed by atoms with van der Waals surface area (Å²) >= 11 is 0. The van der Waals surface area contributed by atoms with Gasteiger partial charge in [0.15, 0.2) is 0 Å². The van der Waals surface area contributed by atoms with Crippen LogP contribution in [0.15, 0.2) is 24.4 Å². The van der Waals surface area contributed by atoms with E-state index in [4.69, 9.17) is 10.8 Å². The summed E-state index contributed by atoms with van der Waals surface area (Å²) in [7, 11) is 0. The van der Waals surface area contributed by atoms with Gasteiger partial charge in [0.2, 0.25) is 5.54 Å². The van der Waals surface area contributed by atoms with Crippen LogP contribution in [0.25, 0.3) is 0 Å². The first-order valence-electron chi connectivity index (χ1n) is 4.26. The van der Waals surface area contributed by atoms with Crippen LogP contribution in [0, 0.1) is 0 Å². The van der Waals surface area contributed by atoms with Gasteiger partial charge in [-0.15, -0.1) is 0 Å². The number of nitrogens with zero attached hydrogens (tertiary/aromatic N) is 1. The summed E-state index contributed by atoms with van der Waals surface area (Å²) in [6.45, 7) is 0. The van der Waals surface area contributed by atoms with Gasteiger partial charge in [0.25, 0.3) is 0 Å². The highest BCUT2D eigenvalue weighted by Gasteiger charge is 2.58. The largest absolute Gasteiger partial charge is 0.480 e. The number of nitrogens with two attached hydrogens (primary N) is 1. The second kappa shape index (κ2) is 4.09. The maximum Gasteiger partial charge on any atom is 0.417 e. The Morgan fingerprint density at radius 1 is 1.44 bits per heavy atom. The number of halogens is 3. The normalized spacial score (nSPS) is 15.5. The highest BCUT2D eigenvalue weighted by Crippen LogP contribution is 2.31. The first-order valence-corrected chi connectivity index (χ1v) is 4.26. The predicted molar refractivity (Wildman–Crippen MR) is 48.6 cm³/mol. The number of carbonyl (C=O) groups is 1. The molecule has 1 heterocycles. The SMILES string of the molecule is NC(Cc1ccccn1)(C(=O)O)C(F)(F)F. The van der Waals surface area contributed by atoms with Gasteiger partial charge in [0, 0.05) is 18.3 Å². The number of rotatable bonds is 3. The highest BCUT2D eigenvalue weighted by atomic mass is 19.4. The number of carboxylic acids is 1. The van der Waals surface area contributed by atoms with Crippen LogP contribution in [-0.2, 0) is 11.2 Å². The summed E-state index contributed by atoms with van der Waals surface area (Å²) in [6.07, 6.45) is -4.66. The first-order chi connectivity index (χ1) is 7.27. The van der Waals surface area contributed by atoms with Crippen molar-refractivity contribution in [2.45, 2.75) is 18.1 Å². The minimum absolute atomic E-state index is 0.0234. The summed E-state index contributed by atoms with van der Waals surface area (Å²) in [5.41, 5.74) is 1.56. The molecule has 0 aromatic carbocycles. The van der Waals surface area contributed by atoms with Crippen molar-refractivity contribution in [3.63, 3.8) is 0 Å². The fourth-order valence-electron chi connectivity index (χ4n) is 1.09. The van der Waals surface area contributed by atoms with Gasteiger partial charge >= 0.3 is 12.1 Å². The average molecular weight is 234 g/mol. The van der Waals surface area contributed by atoms with Crippen LogP contribution in [-0.4, -0.2) is 27.8 Å². The fourth-order valence-corrected chi connectivity index (χ4v) is 1.09. The van der Waals surface area contributed by atoms with E-state index < -0.39 is 24.1 Å². The lowest BCUT2D eigenvalue weighted by Gasteiger charge is -2.26. The summed E-state index contributed by atoms with van der Waals surface area (Å²) in [4.78, 5) is 14.2. The third-order valence-electron chi connectivity index (χ3n) is 2.07.